The van der Waals surface area contributed by atoms with Crippen molar-refractivity contribution in [2.75, 3.05) is 13.2 Å². The summed E-state index contributed by atoms with van der Waals surface area (Å²) in [5.74, 6) is -0.851. The number of esters is 3. The molecule has 0 aromatic heterocycles. The van der Waals surface area contributed by atoms with Gasteiger partial charge in [-0.2, -0.15) is 0 Å². The summed E-state index contributed by atoms with van der Waals surface area (Å²) in [7, 11) is 0. The first-order valence-electron chi connectivity index (χ1n) is 35.4. The first kappa shape index (κ1) is 77.9. The second-order valence-electron chi connectivity index (χ2n) is 23.8. The minimum absolute atomic E-state index is 0.0705. The Hall–Kier alpha value is -3.15. The highest BCUT2D eigenvalue weighted by Gasteiger charge is 2.19. The Morgan fingerprint density at radius 1 is 0.259 bits per heavy atom. The summed E-state index contributed by atoms with van der Waals surface area (Å²) in [6.07, 6.45) is 90.7. The molecule has 0 rings (SSSR count). The van der Waals surface area contributed by atoms with Gasteiger partial charge in [0.05, 0.1) is 0 Å². The van der Waals surface area contributed by atoms with Crippen LogP contribution in [0.4, 0.5) is 0 Å². The van der Waals surface area contributed by atoms with E-state index in [-0.39, 0.29) is 31.1 Å². The number of allylic oxidation sites excluding steroid dienone is 12. The molecule has 1 atom stereocenters. The van der Waals surface area contributed by atoms with Crippen molar-refractivity contribution in [2.24, 2.45) is 0 Å². The predicted octanol–water partition coefficient (Wildman–Crippen LogP) is 24.4. The summed E-state index contributed by atoms with van der Waals surface area (Å²) in [4.78, 5) is 38.4. The van der Waals surface area contributed by atoms with Crippen molar-refractivity contribution in [3.63, 3.8) is 0 Å². The largest absolute Gasteiger partial charge is 0.462 e. The Labute approximate surface area is 503 Å². The average molecular weight is 1130 g/mol. The molecule has 0 N–H and O–H groups in total. The van der Waals surface area contributed by atoms with E-state index in [1.807, 2.05) is 0 Å². The number of hydrogen-bond donors (Lipinski definition) is 0. The van der Waals surface area contributed by atoms with Gasteiger partial charge in [0.15, 0.2) is 6.10 Å². The third kappa shape index (κ3) is 67.5. The highest BCUT2D eigenvalue weighted by Crippen LogP contribution is 2.18. The van der Waals surface area contributed by atoms with Crippen LogP contribution in [-0.4, -0.2) is 37.2 Å². The van der Waals surface area contributed by atoms with Crippen molar-refractivity contribution < 1.29 is 28.6 Å². The molecule has 0 bridgehead atoms. The van der Waals surface area contributed by atoms with E-state index in [9.17, 15) is 14.4 Å². The molecule has 470 valence electrons. The standard InChI is InChI=1S/C75H134O6/c1-4-7-10-13-16-19-22-25-27-29-31-33-35-36-37-38-39-40-41-43-44-46-48-50-53-56-59-62-65-68-74(77)80-71-72(70-79-73(76)67-64-61-58-55-52-24-21-18-15-12-9-6-3)81-75(78)69-66-63-60-57-54-51-49-47-45-42-34-32-30-28-26-23-20-17-14-11-8-5-2/h7,10,16,19,25,27,31,33,36-37,39-40,72H,4-6,8-9,11-15,17-18,20-24,26,28-30,32,34-35,38,41-71H2,1-3H3/b10-7-,19-16-,27-25-,33-31-,37-36-,40-39-. The lowest BCUT2D eigenvalue weighted by Crippen LogP contribution is -2.30. The molecule has 0 aromatic carbocycles. The molecular weight excluding hydrogens is 997 g/mol. The van der Waals surface area contributed by atoms with Gasteiger partial charge in [0.25, 0.3) is 0 Å². The molecule has 0 aliphatic carbocycles. The van der Waals surface area contributed by atoms with Gasteiger partial charge in [-0.1, -0.05) is 351 Å². The van der Waals surface area contributed by atoms with Crippen LogP contribution in [0.2, 0.25) is 0 Å². The normalized spacial score (nSPS) is 12.5. The predicted molar refractivity (Wildman–Crippen MR) is 353 cm³/mol. The molecule has 0 aromatic rings. The van der Waals surface area contributed by atoms with Gasteiger partial charge in [0.2, 0.25) is 0 Å². The molecular formula is C75H134O6. The number of unbranched alkanes of at least 4 members (excludes halogenated alkanes) is 42. The summed E-state index contributed by atoms with van der Waals surface area (Å²) < 4.78 is 17.0. The van der Waals surface area contributed by atoms with Crippen LogP contribution in [0.15, 0.2) is 72.9 Å². The van der Waals surface area contributed by atoms with E-state index >= 15 is 0 Å². The Morgan fingerprint density at radius 2 is 0.481 bits per heavy atom. The summed E-state index contributed by atoms with van der Waals surface area (Å²) in [6.45, 7) is 6.58. The number of rotatable bonds is 65. The molecule has 0 aliphatic rings. The van der Waals surface area contributed by atoms with E-state index in [1.54, 1.807) is 0 Å². The van der Waals surface area contributed by atoms with E-state index in [0.29, 0.717) is 19.3 Å². The zero-order valence-corrected chi connectivity index (χ0v) is 54.1. The van der Waals surface area contributed by atoms with Crippen molar-refractivity contribution in [1.82, 2.24) is 0 Å². The summed E-state index contributed by atoms with van der Waals surface area (Å²) in [5.41, 5.74) is 0. The molecule has 1 unspecified atom stereocenters. The van der Waals surface area contributed by atoms with Gasteiger partial charge in [-0.15, -0.1) is 0 Å². The van der Waals surface area contributed by atoms with E-state index in [4.69, 9.17) is 14.2 Å². The monoisotopic (exact) mass is 1130 g/mol. The number of carbonyl (C=O) groups excluding carboxylic acids is 3. The van der Waals surface area contributed by atoms with Crippen LogP contribution in [-0.2, 0) is 28.6 Å². The summed E-state index contributed by atoms with van der Waals surface area (Å²) in [5, 5.41) is 0. The van der Waals surface area contributed by atoms with E-state index in [0.717, 1.165) is 96.3 Å². The van der Waals surface area contributed by atoms with Crippen molar-refractivity contribution in [3.8, 4) is 0 Å². The third-order valence-electron chi connectivity index (χ3n) is 15.7. The van der Waals surface area contributed by atoms with E-state index in [2.05, 4.69) is 93.7 Å². The molecule has 0 radical (unpaired) electrons. The van der Waals surface area contributed by atoms with E-state index in [1.165, 1.54) is 231 Å². The molecule has 0 spiro atoms. The fourth-order valence-corrected chi connectivity index (χ4v) is 10.5. The highest BCUT2D eigenvalue weighted by atomic mass is 16.6. The van der Waals surface area contributed by atoms with Crippen LogP contribution in [0.25, 0.3) is 0 Å². The van der Waals surface area contributed by atoms with Gasteiger partial charge in [0.1, 0.15) is 13.2 Å². The maximum absolute atomic E-state index is 12.9. The fourth-order valence-electron chi connectivity index (χ4n) is 10.5. The molecule has 0 saturated heterocycles. The third-order valence-corrected chi connectivity index (χ3v) is 15.7. The topological polar surface area (TPSA) is 78.9 Å². The molecule has 0 aliphatic heterocycles. The minimum Gasteiger partial charge on any atom is -0.462 e. The van der Waals surface area contributed by atoms with Crippen molar-refractivity contribution in [3.05, 3.63) is 72.9 Å². The number of ether oxygens (including phenoxy) is 3. The van der Waals surface area contributed by atoms with Crippen molar-refractivity contribution in [2.45, 2.75) is 374 Å². The minimum atomic E-state index is -0.774. The Balaban J connectivity index is 4.23. The zero-order valence-electron chi connectivity index (χ0n) is 54.1. The Morgan fingerprint density at radius 3 is 0.753 bits per heavy atom. The second kappa shape index (κ2) is 69.3. The maximum atomic E-state index is 12.9. The zero-order chi connectivity index (χ0) is 58.5. The van der Waals surface area contributed by atoms with Gasteiger partial charge < -0.3 is 14.2 Å². The molecule has 0 amide bonds. The van der Waals surface area contributed by atoms with Gasteiger partial charge >= 0.3 is 17.9 Å². The summed E-state index contributed by atoms with van der Waals surface area (Å²) >= 11 is 0. The molecule has 81 heavy (non-hydrogen) atoms. The average Bonchev–Trinajstić information content (AvgIpc) is 3.47. The maximum Gasteiger partial charge on any atom is 0.306 e. The Kier molecular flexibility index (Phi) is 66.6. The molecule has 0 heterocycles. The van der Waals surface area contributed by atoms with Crippen molar-refractivity contribution >= 4 is 17.9 Å². The van der Waals surface area contributed by atoms with Gasteiger partial charge in [-0.3, -0.25) is 14.4 Å². The molecule has 6 nitrogen and oxygen atoms in total. The van der Waals surface area contributed by atoms with E-state index < -0.39 is 6.10 Å². The molecule has 6 heteroatoms. The van der Waals surface area contributed by atoms with Crippen LogP contribution in [0.5, 0.6) is 0 Å². The number of hydrogen-bond acceptors (Lipinski definition) is 6. The van der Waals surface area contributed by atoms with Gasteiger partial charge in [0, 0.05) is 19.3 Å². The second-order valence-corrected chi connectivity index (χ2v) is 23.8. The van der Waals surface area contributed by atoms with Crippen LogP contribution in [0.1, 0.15) is 367 Å². The lowest BCUT2D eigenvalue weighted by atomic mass is 10.0. The molecule has 0 saturated carbocycles. The number of carbonyl (C=O) groups is 3. The first-order valence-corrected chi connectivity index (χ1v) is 35.4. The highest BCUT2D eigenvalue weighted by molar-refractivity contribution is 5.71. The fraction of sp³-hybridized carbons (Fsp3) is 0.800. The van der Waals surface area contributed by atoms with Crippen LogP contribution in [0, 0.1) is 0 Å². The van der Waals surface area contributed by atoms with Crippen molar-refractivity contribution in [1.29, 1.82) is 0 Å². The molecule has 0 fully saturated rings. The first-order chi connectivity index (χ1) is 40.0. The van der Waals surface area contributed by atoms with Gasteiger partial charge in [-0.05, 0) is 70.6 Å². The van der Waals surface area contributed by atoms with Crippen LogP contribution >= 0.6 is 0 Å². The lowest BCUT2D eigenvalue weighted by molar-refractivity contribution is -0.167. The van der Waals surface area contributed by atoms with Crippen LogP contribution < -0.4 is 0 Å². The SMILES string of the molecule is CC/C=C\C/C=C\C/C=C\C/C=C\C/C=C\C/C=C\CCCCCCCCCCCCC(=O)OCC(COC(=O)CCCCCCCCCCCCCC)OC(=O)CCCCCCCCCCCCCCCCCCCCCCCC. The summed E-state index contributed by atoms with van der Waals surface area (Å²) in [6, 6.07) is 0. The lowest BCUT2D eigenvalue weighted by Gasteiger charge is -2.18. The quantitative estimate of drug-likeness (QED) is 0.0261. The smallest absolute Gasteiger partial charge is 0.306 e. The van der Waals surface area contributed by atoms with Gasteiger partial charge in [-0.25, -0.2) is 0 Å². The van der Waals surface area contributed by atoms with Crippen LogP contribution in [0.3, 0.4) is 0 Å². The Bertz CT molecular complexity index is 1490.